The number of hydrogen-bond donors (Lipinski definition) is 2. The molecule has 28 heavy (non-hydrogen) atoms. The van der Waals surface area contributed by atoms with Crippen LogP contribution in [0.4, 0.5) is 0 Å². The highest BCUT2D eigenvalue weighted by atomic mass is 16.5. The molecule has 1 unspecified atom stereocenters. The first-order valence-corrected chi connectivity index (χ1v) is 9.18. The molecule has 1 atom stereocenters. The van der Waals surface area contributed by atoms with Crippen molar-refractivity contribution < 1.29 is 9.84 Å². The fourth-order valence-corrected chi connectivity index (χ4v) is 3.01. The van der Waals surface area contributed by atoms with Gasteiger partial charge < -0.3 is 9.84 Å². The molecule has 3 heterocycles. The Kier molecular flexibility index (Phi) is 4.79. The average Bonchev–Trinajstić information content (AvgIpc) is 3.27. The third-order valence-corrected chi connectivity index (χ3v) is 4.15. The molecule has 8 heteroatoms. The van der Waals surface area contributed by atoms with Gasteiger partial charge in [-0.3, -0.25) is 9.78 Å². The second-order valence-corrected chi connectivity index (χ2v) is 7.01. The van der Waals surface area contributed by atoms with E-state index in [0.29, 0.717) is 18.1 Å². The quantitative estimate of drug-likeness (QED) is 0.535. The van der Waals surface area contributed by atoms with E-state index in [0.717, 1.165) is 27.9 Å². The number of aromatic amines is 1. The lowest BCUT2D eigenvalue weighted by molar-refractivity contribution is 0.168. The number of rotatable bonds is 6. The molecule has 4 rings (SSSR count). The topological polar surface area (TPSA) is 102 Å². The maximum Gasteiger partial charge on any atom is 0.181 e. The predicted molar refractivity (Wildman–Crippen MR) is 106 cm³/mol. The molecular weight excluding hydrogens is 356 g/mol. The minimum Gasteiger partial charge on any atom is -0.491 e. The summed E-state index contributed by atoms with van der Waals surface area (Å²) >= 11 is 0. The highest BCUT2D eigenvalue weighted by Crippen LogP contribution is 2.29. The van der Waals surface area contributed by atoms with E-state index in [1.807, 2.05) is 44.3 Å². The van der Waals surface area contributed by atoms with Crippen LogP contribution in [0.5, 0.6) is 5.75 Å². The predicted octanol–water partition coefficient (Wildman–Crippen LogP) is 3.05. The normalized spacial score (nSPS) is 12.6. The summed E-state index contributed by atoms with van der Waals surface area (Å²) < 4.78 is 7.49. The number of ether oxygens (including phenoxy) is 1. The van der Waals surface area contributed by atoms with Crippen LogP contribution in [0.15, 0.2) is 42.9 Å². The zero-order valence-corrected chi connectivity index (χ0v) is 16.0. The summed E-state index contributed by atoms with van der Waals surface area (Å²) in [6.45, 7) is 6.14. The molecule has 144 valence electrons. The number of fused-ring (bicyclic) bond motifs is 1. The van der Waals surface area contributed by atoms with Crippen LogP contribution in [0.1, 0.15) is 20.8 Å². The lowest BCUT2D eigenvalue weighted by Crippen LogP contribution is -2.11. The number of aliphatic hydroxyl groups is 1. The maximum absolute atomic E-state index is 9.52. The molecule has 1 aromatic carbocycles. The Morgan fingerprint density at radius 2 is 2.07 bits per heavy atom. The summed E-state index contributed by atoms with van der Waals surface area (Å²) in [6, 6.07) is 7.63. The standard InChI is InChI=1S/C20H22N6O2/c1-12(2)28-15-4-5-18-16(8-15)19(25-24-18)20-21-7-6-17(23-20)14-9-22-26(11-14)10-13(3)27/h4-9,11-13,27H,10H2,1-3H3,(H,24,25). The van der Waals surface area contributed by atoms with Crippen LogP contribution in [-0.2, 0) is 6.54 Å². The van der Waals surface area contributed by atoms with Crippen LogP contribution < -0.4 is 4.74 Å². The van der Waals surface area contributed by atoms with Gasteiger partial charge in [-0.1, -0.05) is 0 Å². The smallest absolute Gasteiger partial charge is 0.181 e. The van der Waals surface area contributed by atoms with Gasteiger partial charge in [-0.15, -0.1) is 0 Å². The second-order valence-electron chi connectivity index (χ2n) is 7.01. The number of aromatic nitrogens is 6. The highest BCUT2D eigenvalue weighted by Gasteiger charge is 2.14. The Hall–Kier alpha value is -3.26. The molecule has 0 saturated carbocycles. The third-order valence-electron chi connectivity index (χ3n) is 4.15. The number of nitrogens with zero attached hydrogens (tertiary/aromatic N) is 5. The summed E-state index contributed by atoms with van der Waals surface area (Å²) in [5.74, 6) is 1.30. The first kappa shape index (κ1) is 18.1. The van der Waals surface area contributed by atoms with Crippen molar-refractivity contribution in [1.29, 1.82) is 0 Å². The molecule has 0 aliphatic carbocycles. The zero-order chi connectivity index (χ0) is 19.7. The monoisotopic (exact) mass is 378 g/mol. The van der Waals surface area contributed by atoms with Gasteiger partial charge in [-0.25, -0.2) is 9.97 Å². The van der Waals surface area contributed by atoms with E-state index in [-0.39, 0.29) is 6.10 Å². The Morgan fingerprint density at radius 1 is 1.21 bits per heavy atom. The Balaban J connectivity index is 1.70. The van der Waals surface area contributed by atoms with Crippen LogP contribution in [0.3, 0.4) is 0 Å². The first-order valence-electron chi connectivity index (χ1n) is 9.18. The number of nitrogens with one attached hydrogen (secondary N) is 1. The third kappa shape index (κ3) is 3.72. The second kappa shape index (κ2) is 7.40. The molecule has 3 aromatic heterocycles. The number of H-pyrrole nitrogens is 1. The number of hydrogen-bond acceptors (Lipinski definition) is 6. The summed E-state index contributed by atoms with van der Waals surface area (Å²) in [5.41, 5.74) is 3.16. The van der Waals surface area contributed by atoms with Gasteiger partial charge in [0.15, 0.2) is 5.82 Å². The largest absolute Gasteiger partial charge is 0.491 e. The summed E-state index contributed by atoms with van der Waals surface area (Å²) in [4.78, 5) is 9.07. The molecule has 0 amide bonds. The maximum atomic E-state index is 9.52. The van der Waals surface area contributed by atoms with Gasteiger partial charge in [0.2, 0.25) is 0 Å². The van der Waals surface area contributed by atoms with Gasteiger partial charge in [-0.05, 0) is 45.0 Å². The van der Waals surface area contributed by atoms with Gasteiger partial charge in [0.1, 0.15) is 11.4 Å². The van der Waals surface area contributed by atoms with Crippen molar-refractivity contribution >= 4 is 10.9 Å². The highest BCUT2D eigenvalue weighted by molar-refractivity contribution is 5.92. The summed E-state index contributed by atoms with van der Waals surface area (Å²) in [5, 5.41) is 22.1. The SMILES string of the molecule is CC(O)Cn1cc(-c2ccnc(-c3n[nH]c4ccc(OC(C)C)cc34)n2)cn1. The molecule has 8 nitrogen and oxygen atoms in total. The minimum absolute atomic E-state index is 0.0885. The van der Waals surface area contributed by atoms with Crippen molar-refractivity contribution in [3.05, 3.63) is 42.9 Å². The Bertz CT molecular complexity index is 1100. The lowest BCUT2D eigenvalue weighted by atomic mass is 10.2. The molecular formula is C20H22N6O2. The van der Waals surface area contributed by atoms with Gasteiger partial charge in [0.05, 0.1) is 36.2 Å². The van der Waals surface area contributed by atoms with E-state index in [9.17, 15) is 5.11 Å². The average molecular weight is 378 g/mol. The molecule has 4 aromatic rings. The zero-order valence-electron chi connectivity index (χ0n) is 16.0. The lowest BCUT2D eigenvalue weighted by Gasteiger charge is -2.09. The molecule has 2 N–H and O–H groups in total. The van der Waals surface area contributed by atoms with E-state index in [2.05, 4.69) is 25.3 Å². The Morgan fingerprint density at radius 3 is 2.86 bits per heavy atom. The Labute approximate surface area is 162 Å². The molecule has 0 fully saturated rings. The fourth-order valence-electron chi connectivity index (χ4n) is 3.01. The van der Waals surface area contributed by atoms with E-state index in [1.54, 1.807) is 24.0 Å². The van der Waals surface area contributed by atoms with Gasteiger partial charge in [0.25, 0.3) is 0 Å². The van der Waals surface area contributed by atoms with Crippen molar-refractivity contribution in [1.82, 2.24) is 29.9 Å². The fraction of sp³-hybridized carbons (Fsp3) is 0.300. The summed E-state index contributed by atoms with van der Waals surface area (Å²) in [6.07, 6.45) is 4.91. The van der Waals surface area contributed by atoms with Crippen molar-refractivity contribution in [2.75, 3.05) is 0 Å². The molecule has 0 radical (unpaired) electrons. The van der Waals surface area contributed by atoms with Crippen LogP contribution in [0.25, 0.3) is 33.7 Å². The van der Waals surface area contributed by atoms with Crippen LogP contribution in [0.2, 0.25) is 0 Å². The van der Waals surface area contributed by atoms with Crippen molar-refractivity contribution in [3.8, 4) is 28.5 Å². The van der Waals surface area contributed by atoms with E-state index in [1.165, 1.54) is 0 Å². The van der Waals surface area contributed by atoms with Gasteiger partial charge >= 0.3 is 0 Å². The number of benzene rings is 1. The van der Waals surface area contributed by atoms with Crippen LogP contribution >= 0.6 is 0 Å². The molecule has 0 aliphatic heterocycles. The van der Waals surface area contributed by atoms with E-state index >= 15 is 0 Å². The minimum atomic E-state index is -0.466. The molecule has 0 aliphatic rings. The first-order chi connectivity index (χ1) is 13.5. The molecule has 0 spiro atoms. The van der Waals surface area contributed by atoms with Crippen molar-refractivity contribution in [3.63, 3.8) is 0 Å². The van der Waals surface area contributed by atoms with Crippen LogP contribution in [-0.4, -0.2) is 47.3 Å². The molecule has 0 bridgehead atoms. The summed E-state index contributed by atoms with van der Waals surface area (Å²) in [7, 11) is 0. The van der Waals surface area contributed by atoms with Crippen molar-refractivity contribution in [2.24, 2.45) is 0 Å². The molecule has 0 saturated heterocycles. The van der Waals surface area contributed by atoms with Gasteiger partial charge in [0, 0.05) is 23.3 Å². The van der Waals surface area contributed by atoms with Gasteiger partial charge in [-0.2, -0.15) is 10.2 Å². The van der Waals surface area contributed by atoms with Crippen LogP contribution in [0, 0.1) is 0 Å². The van der Waals surface area contributed by atoms with E-state index < -0.39 is 6.10 Å². The van der Waals surface area contributed by atoms with Crippen molar-refractivity contribution in [2.45, 2.75) is 39.5 Å². The van der Waals surface area contributed by atoms with E-state index in [4.69, 9.17) is 4.74 Å². The number of aliphatic hydroxyl groups excluding tert-OH is 1.